The number of carbonyl (C=O) groups is 1. The molecule has 1 heterocycles. The molecule has 0 fully saturated rings. The van der Waals surface area contributed by atoms with E-state index in [9.17, 15) is 10.1 Å². The first-order valence-electron chi connectivity index (χ1n) is 11.4. The van der Waals surface area contributed by atoms with Gasteiger partial charge in [0.25, 0.3) is 0 Å². The number of thioether (sulfide) groups is 1. The summed E-state index contributed by atoms with van der Waals surface area (Å²) in [6, 6.07) is 26.2. The quantitative estimate of drug-likeness (QED) is 0.245. The Morgan fingerprint density at radius 1 is 0.973 bits per heavy atom. The summed E-state index contributed by atoms with van der Waals surface area (Å²) in [5, 5.41) is 13.5. The van der Waals surface area contributed by atoms with Gasteiger partial charge in [0, 0.05) is 21.8 Å². The van der Waals surface area contributed by atoms with Crippen molar-refractivity contribution in [3.63, 3.8) is 0 Å². The number of methoxy groups -OCH3 is 2. The zero-order chi connectivity index (χ0) is 26.4. The van der Waals surface area contributed by atoms with Gasteiger partial charge < -0.3 is 14.8 Å². The number of rotatable bonds is 8. The number of aromatic nitrogens is 1. The molecule has 3 aromatic carbocycles. The van der Waals surface area contributed by atoms with Crippen molar-refractivity contribution in [2.24, 2.45) is 0 Å². The molecule has 1 aromatic heterocycles. The summed E-state index contributed by atoms with van der Waals surface area (Å²) in [6.07, 6.45) is 0. The molecule has 37 heavy (non-hydrogen) atoms. The number of hydrogen-bond acceptors (Lipinski definition) is 6. The molecule has 0 aliphatic rings. The molecular formula is C29H24ClN3O3S. The summed E-state index contributed by atoms with van der Waals surface area (Å²) >= 11 is 7.28. The number of nitriles is 1. The molecule has 0 saturated carbocycles. The molecule has 0 spiro atoms. The Labute approximate surface area is 225 Å². The van der Waals surface area contributed by atoms with Crippen molar-refractivity contribution < 1.29 is 14.3 Å². The van der Waals surface area contributed by atoms with E-state index in [1.807, 2.05) is 54.6 Å². The molecule has 0 aliphatic carbocycles. The van der Waals surface area contributed by atoms with Crippen LogP contribution in [0.4, 0.5) is 5.69 Å². The molecule has 8 heteroatoms. The van der Waals surface area contributed by atoms with E-state index in [4.69, 9.17) is 26.1 Å². The van der Waals surface area contributed by atoms with Crippen LogP contribution in [0.3, 0.4) is 0 Å². The number of anilines is 1. The molecule has 1 unspecified atom stereocenters. The number of nitrogens with one attached hydrogen (secondary N) is 1. The SMILES string of the molecule is COc1ccc(-c2cc(-c3ccc(OC)cc3)c(C#N)c(SC(C)C(=O)Nc3cccc(Cl)c3)n2)cc1. The lowest BCUT2D eigenvalue weighted by molar-refractivity contribution is -0.115. The Morgan fingerprint density at radius 2 is 1.59 bits per heavy atom. The maximum absolute atomic E-state index is 13.0. The Morgan fingerprint density at radius 3 is 2.16 bits per heavy atom. The van der Waals surface area contributed by atoms with Crippen molar-refractivity contribution in [1.82, 2.24) is 4.98 Å². The van der Waals surface area contributed by atoms with Crippen molar-refractivity contribution in [2.75, 3.05) is 19.5 Å². The molecule has 1 atom stereocenters. The number of benzene rings is 3. The first kappa shape index (κ1) is 26.1. The molecular weight excluding hydrogens is 506 g/mol. The lowest BCUT2D eigenvalue weighted by Gasteiger charge is -2.16. The van der Waals surface area contributed by atoms with Crippen LogP contribution >= 0.6 is 23.4 Å². The fourth-order valence-electron chi connectivity index (χ4n) is 3.65. The van der Waals surface area contributed by atoms with Crippen molar-refractivity contribution in [1.29, 1.82) is 5.26 Å². The van der Waals surface area contributed by atoms with Crippen LogP contribution in [0.15, 0.2) is 83.9 Å². The average molecular weight is 530 g/mol. The summed E-state index contributed by atoms with van der Waals surface area (Å²) in [6.45, 7) is 1.78. The molecule has 4 rings (SSSR count). The lowest BCUT2D eigenvalue weighted by Crippen LogP contribution is -2.22. The lowest BCUT2D eigenvalue weighted by atomic mass is 9.99. The minimum Gasteiger partial charge on any atom is -0.497 e. The van der Waals surface area contributed by atoms with E-state index in [1.165, 1.54) is 11.8 Å². The molecule has 0 saturated heterocycles. The van der Waals surface area contributed by atoms with Crippen LogP contribution in [-0.2, 0) is 4.79 Å². The molecule has 1 N–H and O–H groups in total. The topological polar surface area (TPSA) is 84.2 Å². The second-order valence-electron chi connectivity index (χ2n) is 8.06. The highest BCUT2D eigenvalue weighted by Crippen LogP contribution is 2.36. The van der Waals surface area contributed by atoms with Crippen molar-refractivity contribution >= 4 is 35.0 Å². The molecule has 0 bridgehead atoms. The van der Waals surface area contributed by atoms with E-state index in [2.05, 4.69) is 11.4 Å². The minimum absolute atomic E-state index is 0.223. The minimum atomic E-state index is -0.534. The molecule has 0 aliphatic heterocycles. The highest BCUT2D eigenvalue weighted by Gasteiger charge is 2.22. The molecule has 0 radical (unpaired) electrons. The monoisotopic (exact) mass is 529 g/mol. The smallest absolute Gasteiger partial charge is 0.237 e. The van der Waals surface area contributed by atoms with E-state index in [1.54, 1.807) is 45.4 Å². The largest absolute Gasteiger partial charge is 0.497 e. The van der Waals surface area contributed by atoms with Gasteiger partial charge in [-0.1, -0.05) is 41.6 Å². The highest BCUT2D eigenvalue weighted by atomic mass is 35.5. The zero-order valence-electron chi connectivity index (χ0n) is 20.5. The Bertz CT molecular complexity index is 1450. The van der Waals surface area contributed by atoms with Crippen LogP contribution in [0.25, 0.3) is 22.4 Å². The maximum Gasteiger partial charge on any atom is 0.237 e. The second kappa shape index (κ2) is 11.8. The fraction of sp³-hybridized carbons (Fsp3) is 0.138. The van der Waals surface area contributed by atoms with E-state index in [0.29, 0.717) is 32.7 Å². The number of halogens is 1. The predicted octanol–water partition coefficient (Wildman–Crippen LogP) is 7.08. The van der Waals surface area contributed by atoms with Gasteiger partial charge in [0.15, 0.2) is 0 Å². The zero-order valence-corrected chi connectivity index (χ0v) is 22.1. The summed E-state index contributed by atoms with van der Waals surface area (Å²) in [5.41, 5.74) is 4.10. The summed E-state index contributed by atoms with van der Waals surface area (Å²) in [4.78, 5) is 17.8. The number of hydrogen-bond donors (Lipinski definition) is 1. The van der Waals surface area contributed by atoms with Crippen molar-refractivity contribution in [3.05, 3.63) is 89.4 Å². The third-order valence-electron chi connectivity index (χ3n) is 5.63. The Kier molecular flexibility index (Phi) is 8.34. The van der Waals surface area contributed by atoms with Crippen LogP contribution in [-0.4, -0.2) is 30.4 Å². The van der Waals surface area contributed by atoms with Crippen LogP contribution in [0.5, 0.6) is 11.5 Å². The first-order chi connectivity index (χ1) is 17.9. The number of pyridine rings is 1. The molecule has 6 nitrogen and oxygen atoms in total. The van der Waals surface area contributed by atoms with Crippen molar-refractivity contribution in [2.45, 2.75) is 17.2 Å². The van der Waals surface area contributed by atoms with Gasteiger partial charge in [-0.05, 0) is 73.2 Å². The number of ether oxygens (including phenoxy) is 2. The standard InChI is InChI=1S/C29H24ClN3O3S/c1-18(28(34)32-22-6-4-5-21(30)15-22)37-29-26(17-31)25(19-7-11-23(35-2)12-8-19)16-27(33-29)20-9-13-24(36-3)14-10-20/h4-16,18H,1-3H3,(H,32,34). The van der Waals surface area contributed by atoms with Gasteiger partial charge in [-0.15, -0.1) is 0 Å². The van der Waals surface area contributed by atoms with E-state index in [0.717, 1.165) is 22.4 Å². The third-order valence-corrected chi connectivity index (χ3v) is 6.96. The molecule has 1 amide bonds. The number of amides is 1. The van der Waals surface area contributed by atoms with Gasteiger partial charge in [0.1, 0.15) is 22.6 Å². The van der Waals surface area contributed by atoms with Crippen LogP contribution in [0, 0.1) is 11.3 Å². The number of nitrogens with zero attached hydrogens (tertiary/aromatic N) is 2. The predicted molar refractivity (Wildman–Crippen MR) is 148 cm³/mol. The van der Waals surface area contributed by atoms with Crippen molar-refractivity contribution in [3.8, 4) is 40.0 Å². The van der Waals surface area contributed by atoms with Gasteiger partial charge in [0.05, 0.1) is 30.7 Å². The Balaban J connectivity index is 1.74. The number of carbonyl (C=O) groups excluding carboxylic acids is 1. The summed E-state index contributed by atoms with van der Waals surface area (Å²) < 4.78 is 10.6. The van der Waals surface area contributed by atoms with E-state index in [-0.39, 0.29) is 5.91 Å². The van der Waals surface area contributed by atoms with Crippen LogP contribution < -0.4 is 14.8 Å². The molecule has 4 aromatic rings. The normalized spacial score (nSPS) is 11.3. The fourth-order valence-corrected chi connectivity index (χ4v) is 4.77. The molecule has 186 valence electrons. The van der Waals surface area contributed by atoms with Crippen LogP contribution in [0.1, 0.15) is 12.5 Å². The Hall–Kier alpha value is -3.99. The van der Waals surface area contributed by atoms with Crippen LogP contribution in [0.2, 0.25) is 5.02 Å². The first-order valence-corrected chi connectivity index (χ1v) is 12.6. The average Bonchev–Trinajstić information content (AvgIpc) is 2.92. The summed E-state index contributed by atoms with van der Waals surface area (Å²) in [7, 11) is 3.22. The van der Waals surface area contributed by atoms with Gasteiger partial charge in [0.2, 0.25) is 5.91 Å². The van der Waals surface area contributed by atoms with Gasteiger partial charge in [-0.3, -0.25) is 4.79 Å². The second-order valence-corrected chi connectivity index (χ2v) is 9.83. The van der Waals surface area contributed by atoms with E-state index >= 15 is 0 Å². The van der Waals surface area contributed by atoms with Gasteiger partial charge in [-0.2, -0.15) is 5.26 Å². The van der Waals surface area contributed by atoms with Gasteiger partial charge >= 0.3 is 0 Å². The third kappa shape index (κ3) is 6.23. The maximum atomic E-state index is 13.0. The summed E-state index contributed by atoms with van der Waals surface area (Å²) in [5.74, 6) is 1.22. The van der Waals surface area contributed by atoms with E-state index < -0.39 is 5.25 Å². The highest BCUT2D eigenvalue weighted by molar-refractivity contribution is 8.00. The van der Waals surface area contributed by atoms with Gasteiger partial charge in [-0.25, -0.2) is 4.98 Å².